The Bertz CT molecular complexity index is 601. The molecule has 0 aromatic carbocycles. The van der Waals surface area contributed by atoms with E-state index in [2.05, 4.69) is 20.4 Å². The zero-order valence-corrected chi connectivity index (χ0v) is 14.6. The van der Waals surface area contributed by atoms with Crippen molar-refractivity contribution in [2.24, 2.45) is 5.92 Å². The minimum absolute atomic E-state index is 0.196. The van der Waals surface area contributed by atoms with E-state index in [0.717, 1.165) is 0 Å². The molecule has 0 aliphatic heterocycles. The molecule has 1 rings (SSSR count). The molecule has 0 saturated carbocycles. The molecule has 8 nitrogen and oxygen atoms in total. The normalized spacial score (nSPS) is 11.6. The fourth-order valence-corrected chi connectivity index (χ4v) is 1.99. The number of aromatic nitrogens is 1. The Kier molecular flexibility index (Phi) is 7.16. The largest absolute Gasteiger partial charge is 0.453 e. The van der Waals surface area contributed by atoms with Crippen LogP contribution in [0, 0.1) is 5.92 Å². The van der Waals surface area contributed by atoms with Gasteiger partial charge in [0.1, 0.15) is 11.7 Å². The minimum Gasteiger partial charge on any atom is -0.453 e. The smallest absolute Gasteiger partial charge is 0.407 e. The number of hydrogen-bond donors (Lipinski definition) is 2. The highest BCUT2D eigenvalue weighted by molar-refractivity contribution is 5.98. The van der Waals surface area contributed by atoms with Crippen LogP contribution >= 0.6 is 0 Å². The predicted octanol–water partition coefficient (Wildman–Crippen LogP) is 1.49. The molecule has 0 unspecified atom stereocenters. The Morgan fingerprint density at radius 2 is 1.96 bits per heavy atom. The first-order valence-electron chi connectivity index (χ1n) is 7.57. The van der Waals surface area contributed by atoms with Crippen molar-refractivity contribution >= 4 is 23.6 Å². The molecule has 0 fully saturated rings. The van der Waals surface area contributed by atoms with Gasteiger partial charge in [0.05, 0.1) is 7.11 Å². The number of methoxy groups -OCH3 is 1. The van der Waals surface area contributed by atoms with Crippen LogP contribution in [-0.2, 0) is 9.53 Å². The van der Waals surface area contributed by atoms with Gasteiger partial charge in [-0.25, -0.2) is 4.79 Å². The van der Waals surface area contributed by atoms with E-state index in [1.807, 2.05) is 13.8 Å². The Morgan fingerprint density at radius 3 is 2.50 bits per heavy atom. The fraction of sp³-hybridized carbons (Fsp3) is 0.500. The van der Waals surface area contributed by atoms with Crippen LogP contribution in [0.15, 0.2) is 18.3 Å². The van der Waals surface area contributed by atoms with E-state index >= 15 is 0 Å². The number of carbonyl (C=O) groups is 3. The van der Waals surface area contributed by atoms with Crippen molar-refractivity contribution in [3.63, 3.8) is 0 Å². The molecule has 0 bridgehead atoms. The van der Waals surface area contributed by atoms with Crippen LogP contribution in [-0.4, -0.2) is 55.0 Å². The lowest BCUT2D eigenvalue weighted by atomic mass is 10.0. The van der Waals surface area contributed by atoms with E-state index in [-0.39, 0.29) is 23.4 Å². The lowest BCUT2D eigenvalue weighted by Gasteiger charge is -2.19. The van der Waals surface area contributed by atoms with Gasteiger partial charge >= 0.3 is 6.09 Å². The van der Waals surface area contributed by atoms with Crippen molar-refractivity contribution in [1.82, 2.24) is 15.2 Å². The highest BCUT2D eigenvalue weighted by Gasteiger charge is 2.22. The molecule has 1 aromatic heterocycles. The van der Waals surface area contributed by atoms with Gasteiger partial charge in [-0.15, -0.1) is 0 Å². The van der Waals surface area contributed by atoms with Gasteiger partial charge < -0.3 is 20.3 Å². The van der Waals surface area contributed by atoms with Crippen molar-refractivity contribution in [3.8, 4) is 0 Å². The van der Waals surface area contributed by atoms with Gasteiger partial charge in [-0.1, -0.05) is 13.8 Å². The summed E-state index contributed by atoms with van der Waals surface area (Å²) < 4.78 is 4.55. The second-order valence-corrected chi connectivity index (χ2v) is 5.94. The lowest BCUT2D eigenvalue weighted by molar-refractivity contribution is -0.118. The summed E-state index contributed by atoms with van der Waals surface area (Å²) in [6.45, 7) is 3.89. The second-order valence-electron chi connectivity index (χ2n) is 5.94. The summed E-state index contributed by atoms with van der Waals surface area (Å²) in [5.74, 6) is -0.456. The molecule has 132 valence electrons. The highest BCUT2D eigenvalue weighted by Crippen LogP contribution is 2.12. The van der Waals surface area contributed by atoms with Crippen LogP contribution in [0.1, 0.15) is 30.8 Å². The van der Waals surface area contributed by atoms with Gasteiger partial charge in [-0.2, -0.15) is 0 Å². The topological polar surface area (TPSA) is 101 Å². The molecule has 1 atom stereocenters. The first kappa shape index (κ1) is 19.4. The Hall–Kier alpha value is -2.64. The quantitative estimate of drug-likeness (QED) is 0.820. The number of pyridine rings is 1. The molecule has 24 heavy (non-hydrogen) atoms. The molecule has 0 aliphatic carbocycles. The SMILES string of the molecule is COC(=O)N[C@@H](CC(C)C)C(=O)Nc1ccnc(C(=O)N(C)C)c1. The second kappa shape index (κ2) is 8.85. The van der Waals surface area contributed by atoms with E-state index in [1.165, 1.54) is 24.3 Å². The molecular weight excluding hydrogens is 312 g/mol. The Morgan fingerprint density at radius 1 is 1.29 bits per heavy atom. The third-order valence-electron chi connectivity index (χ3n) is 3.15. The molecule has 2 N–H and O–H groups in total. The standard InChI is InChI=1S/C16H24N4O4/c1-10(2)8-12(19-16(23)24-5)14(21)18-11-6-7-17-13(9-11)15(22)20(3)4/h6-7,9-10,12H,8H2,1-5H3,(H,19,23)(H,17,18,21)/t12-/m0/s1. The molecule has 0 saturated heterocycles. The molecular formula is C16H24N4O4. The van der Waals surface area contributed by atoms with Gasteiger partial charge in [0.25, 0.3) is 5.91 Å². The van der Waals surface area contributed by atoms with Crippen LogP contribution in [0.4, 0.5) is 10.5 Å². The van der Waals surface area contributed by atoms with E-state index in [1.54, 1.807) is 20.2 Å². The predicted molar refractivity (Wildman–Crippen MR) is 89.7 cm³/mol. The first-order valence-corrected chi connectivity index (χ1v) is 7.57. The molecule has 3 amide bonds. The number of ether oxygens (including phenoxy) is 1. The van der Waals surface area contributed by atoms with E-state index in [4.69, 9.17) is 0 Å². The van der Waals surface area contributed by atoms with Crippen molar-refractivity contribution in [3.05, 3.63) is 24.0 Å². The number of amides is 3. The third-order valence-corrected chi connectivity index (χ3v) is 3.15. The number of nitrogens with zero attached hydrogens (tertiary/aromatic N) is 2. The number of anilines is 1. The lowest BCUT2D eigenvalue weighted by Crippen LogP contribution is -2.44. The van der Waals surface area contributed by atoms with Crippen LogP contribution < -0.4 is 10.6 Å². The number of hydrogen-bond acceptors (Lipinski definition) is 5. The zero-order chi connectivity index (χ0) is 18.3. The Balaban J connectivity index is 2.88. The van der Waals surface area contributed by atoms with E-state index in [9.17, 15) is 14.4 Å². The third kappa shape index (κ3) is 5.86. The number of nitrogens with one attached hydrogen (secondary N) is 2. The van der Waals surface area contributed by atoms with Crippen molar-refractivity contribution in [1.29, 1.82) is 0 Å². The minimum atomic E-state index is -0.737. The van der Waals surface area contributed by atoms with Gasteiger partial charge in [-0.05, 0) is 24.5 Å². The molecule has 8 heteroatoms. The summed E-state index contributed by atoms with van der Waals surface area (Å²) in [4.78, 5) is 41.1. The fourth-order valence-electron chi connectivity index (χ4n) is 1.99. The van der Waals surface area contributed by atoms with Crippen molar-refractivity contribution in [2.45, 2.75) is 26.3 Å². The molecule has 1 heterocycles. The maximum atomic E-state index is 12.4. The molecule has 0 spiro atoms. The summed E-state index contributed by atoms with van der Waals surface area (Å²) in [6, 6.07) is 2.33. The number of rotatable bonds is 6. The number of alkyl carbamates (subject to hydrolysis) is 1. The van der Waals surface area contributed by atoms with Crippen LogP contribution in [0.5, 0.6) is 0 Å². The summed E-state index contributed by atoms with van der Waals surface area (Å²) >= 11 is 0. The highest BCUT2D eigenvalue weighted by atomic mass is 16.5. The molecule has 1 aromatic rings. The summed E-state index contributed by atoms with van der Waals surface area (Å²) in [5, 5.41) is 5.20. The summed E-state index contributed by atoms with van der Waals surface area (Å²) in [7, 11) is 4.48. The van der Waals surface area contributed by atoms with Crippen LogP contribution in [0.25, 0.3) is 0 Å². The van der Waals surface area contributed by atoms with Gasteiger partial charge in [-0.3, -0.25) is 14.6 Å². The zero-order valence-electron chi connectivity index (χ0n) is 14.6. The van der Waals surface area contributed by atoms with Gasteiger partial charge in [0.15, 0.2) is 0 Å². The summed E-state index contributed by atoms with van der Waals surface area (Å²) in [6.07, 6.45) is 1.22. The van der Waals surface area contributed by atoms with Crippen LogP contribution in [0.2, 0.25) is 0 Å². The van der Waals surface area contributed by atoms with E-state index in [0.29, 0.717) is 12.1 Å². The summed E-state index contributed by atoms with van der Waals surface area (Å²) in [5.41, 5.74) is 0.653. The maximum Gasteiger partial charge on any atom is 0.407 e. The van der Waals surface area contributed by atoms with Gasteiger partial charge in [0.2, 0.25) is 5.91 Å². The van der Waals surface area contributed by atoms with Gasteiger partial charge in [0, 0.05) is 26.0 Å². The monoisotopic (exact) mass is 336 g/mol. The molecule has 0 radical (unpaired) electrons. The molecule has 0 aliphatic rings. The maximum absolute atomic E-state index is 12.4. The van der Waals surface area contributed by atoms with E-state index < -0.39 is 12.1 Å². The number of carbonyl (C=O) groups excluding carboxylic acids is 3. The van der Waals surface area contributed by atoms with Crippen molar-refractivity contribution in [2.75, 3.05) is 26.5 Å². The van der Waals surface area contributed by atoms with Crippen LogP contribution in [0.3, 0.4) is 0 Å². The average molecular weight is 336 g/mol. The Labute approximate surface area is 141 Å². The van der Waals surface area contributed by atoms with Crippen molar-refractivity contribution < 1.29 is 19.1 Å². The first-order chi connectivity index (χ1) is 11.2. The average Bonchev–Trinajstić information content (AvgIpc) is 2.52.